The summed E-state index contributed by atoms with van der Waals surface area (Å²) in [5, 5.41) is 2.63. The van der Waals surface area contributed by atoms with Crippen LogP contribution in [-0.2, 0) is 0 Å². The first-order valence-corrected chi connectivity index (χ1v) is 6.15. The average Bonchev–Trinajstić information content (AvgIpc) is 2.32. The maximum Gasteiger partial charge on any atom is 0.182 e. The Balaban J connectivity index is 2.44. The van der Waals surface area contributed by atoms with Gasteiger partial charge in [-0.25, -0.2) is 13.2 Å². The number of nitrogens with two attached hydrogens (primary N) is 1. The molecule has 0 bridgehead atoms. The number of nitrogen functional groups attached to an aromatic ring is 1. The van der Waals surface area contributed by atoms with E-state index in [1.54, 1.807) is 19.1 Å². The van der Waals surface area contributed by atoms with Crippen LogP contribution in [0, 0.1) is 24.4 Å². The fourth-order valence-corrected chi connectivity index (χ4v) is 2.04. The molecule has 3 N–H and O–H groups in total. The van der Waals surface area contributed by atoms with Gasteiger partial charge in [0.25, 0.3) is 0 Å². The second-order valence-corrected chi connectivity index (χ2v) is 4.92. The molecule has 19 heavy (non-hydrogen) atoms. The van der Waals surface area contributed by atoms with Crippen molar-refractivity contribution >= 4 is 33.0 Å². The Labute approximate surface area is 116 Å². The van der Waals surface area contributed by atoms with Crippen LogP contribution in [0.4, 0.5) is 30.2 Å². The number of anilines is 3. The van der Waals surface area contributed by atoms with E-state index >= 15 is 0 Å². The molecule has 0 heterocycles. The van der Waals surface area contributed by atoms with Gasteiger partial charge in [-0.1, -0.05) is 0 Å². The third-order valence-corrected chi connectivity index (χ3v) is 3.27. The molecule has 0 amide bonds. The van der Waals surface area contributed by atoms with E-state index in [4.69, 9.17) is 5.73 Å². The van der Waals surface area contributed by atoms with Gasteiger partial charge in [-0.3, -0.25) is 0 Å². The van der Waals surface area contributed by atoms with Crippen LogP contribution >= 0.6 is 15.9 Å². The summed E-state index contributed by atoms with van der Waals surface area (Å²) in [5.74, 6) is -3.24. The molecule has 2 aromatic rings. The van der Waals surface area contributed by atoms with Gasteiger partial charge in [0.1, 0.15) is 5.82 Å². The average molecular weight is 331 g/mol. The van der Waals surface area contributed by atoms with Crippen molar-refractivity contribution in [3.8, 4) is 0 Å². The number of benzene rings is 2. The van der Waals surface area contributed by atoms with Crippen LogP contribution < -0.4 is 11.1 Å². The monoisotopic (exact) mass is 330 g/mol. The van der Waals surface area contributed by atoms with Gasteiger partial charge in [-0.2, -0.15) is 0 Å². The van der Waals surface area contributed by atoms with Crippen molar-refractivity contribution < 1.29 is 13.2 Å². The molecule has 100 valence electrons. The Morgan fingerprint density at radius 3 is 2.42 bits per heavy atom. The van der Waals surface area contributed by atoms with Crippen LogP contribution in [0.1, 0.15) is 5.56 Å². The number of nitrogens with one attached hydrogen (secondary N) is 1. The molecule has 0 saturated carbocycles. The highest BCUT2D eigenvalue weighted by Gasteiger charge is 2.13. The fraction of sp³-hybridized carbons (Fsp3) is 0.0769. The van der Waals surface area contributed by atoms with Crippen LogP contribution in [-0.4, -0.2) is 0 Å². The van der Waals surface area contributed by atoms with Gasteiger partial charge in [0.15, 0.2) is 11.6 Å². The lowest BCUT2D eigenvalue weighted by Gasteiger charge is -2.12. The van der Waals surface area contributed by atoms with E-state index in [-0.39, 0.29) is 5.69 Å². The molecule has 0 unspecified atom stereocenters. The molecular weight excluding hydrogens is 321 g/mol. The number of aryl methyl sites for hydroxylation is 1. The van der Waals surface area contributed by atoms with E-state index in [1.165, 1.54) is 0 Å². The summed E-state index contributed by atoms with van der Waals surface area (Å²) in [6, 6.07) is 4.66. The van der Waals surface area contributed by atoms with Crippen molar-refractivity contribution in [1.29, 1.82) is 0 Å². The van der Waals surface area contributed by atoms with Crippen LogP contribution in [0.5, 0.6) is 0 Å². The van der Waals surface area contributed by atoms with Crippen LogP contribution in [0.2, 0.25) is 0 Å². The molecular formula is C13H10BrF3N2. The van der Waals surface area contributed by atoms with Gasteiger partial charge >= 0.3 is 0 Å². The first-order chi connectivity index (χ1) is 8.88. The second-order valence-electron chi connectivity index (χ2n) is 4.06. The maximum atomic E-state index is 13.5. The molecule has 6 heteroatoms. The predicted molar refractivity (Wildman–Crippen MR) is 72.9 cm³/mol. The van der Waals surface area contributed by atoms with E-state index in [2.05, 4.69) is 21.2 Å². The molecule has 0 atom stereocenters. The molecule has 0 radical (unpaired) electrons. The smallest absolute Gasteiger partial charge is 0.182 e. The zero-order valence-corrected chi connectivity index (χ0v) is 11.5. The zero-order valence-electron chi connectivity index (χ0n) is 9.90. The Morgan fingerprint density at radius 2 is 1.74 bits per heavy atom. The van der Waals surface area contributed by atoms with Gasteiger partial charge in [0.2, 0.25) is 0 Å². The van der Waals surface area contributed by atoms with Crippen LogP contribution in [0.3, 0.4) is 0 Å². The number of hydrogen-bond donors (Lipinski definition) is 2. The quantitative estimate of drug-likeness (QED) is 0.628. The summed E-state index contributed by atoms with van der Waals surface area (Å²) in [4.78, 5) is 0. The van der Waals surface area contributed by atoms with Gasteiger partial charge in [0.05, 0.1) is 11.4 Å². The molecule has 0 aliphatic carbocycles. The van der Waals surface area contributed by atoms with Gasteiger partial charge < -0.3 is 11.1 Å². The number of rotatable bonds is 2. The minimum Gasteiger partial charge on any atom is -0.398 e. The number of hydrogen-bond acceptors (Lipinski definition) is 2. The molecule has 2 aromatic carbocycles. The van der Waals surface area contributed by atoms with Gasteiger partial charge in [0, 0.05) is 22.3 Å². The molecule has 2 nitrogen and oxygen atoms in total. The van der Waals surface area contributed by atoms with Crippen molar-refractivity contribution in [2.45, 2.75) is 6.92 Å². The molecule has 2 rings (SSSR count). The second kappa shape index (κ2) is 5.13. The Hall–Kier alpha value is -1.69. The maximum absolute atomic E-state index is 13.5. The highest BCUT2D eigenvalue weighted by molar-refractivity contribution is 9.10. The van der Waals surface area contributed by atoms with Crippen molar-refractivity contribution in [2.24, 2.45) is 0 Å². The molecule has 0 spiro atoms. The summed E-state index contributed by atoms with van der Waals surface area (Å²) in [7, 11) is 0. The van der Waals surface area contributed by atoms with Crippen LogP contribution in [0.15, 0.2) is 28.7 Å². The van der Waals surface area contributed by atoms with Crippen molar-refractivity contribution in [3.63, 3.8) is 0 Å². The van der Waals surface area contributed by atoms with Gasteiger partial charge in [-0.05, 0) is 40.5 Å². The Morgan fingerprint density at radius 1 is 1.05 bits per heavy atom. The third-order valence-electron chi connectivity index (χ3n) is 2.62. The first-order valence-electron chi connectivity index (χ1n) is 5.35. The molecule has 0 aromatic heterocycles. The summed E-state index contributed by atoms with van der Waals surface area (Å²) < 4.78 is 40.3. The van der Waals surface area contributed by atoms with Crippen molar-refractivity contribution in [1.82, 2.24) is 0 Å². The van der Waals surface area contributed by atoms with Gasteiger partial charge in [-0.15, -0.1) is 0 Å². The van der Waals surface area contributed by atoms with E-state index in [1.807, 2.05) is 0 Å². The highest BCUT2D eigenvalue weighted by Crippen LogP contribution is 2.31. The molecule has 0 aliphatic rings. The van der Waals surface area contributed by atoms with Crippen LogP contribution in [0.25, 0.3) is 0 Å². The minimum absolute atomic E-state index is 0.276. The molecule has 0 saturated heterocycles. The fourth-order valence-electron chi connectivity index (χ4n) is 1.58. The lowest BCUT2D eigenvalue weighted by atomic mass is 10.1. The Bertz CT molecular complexity index is 644. The molecule has 0 aliphatic heterocycles. The topological polar surface area (TPSA) is 38.0 Å². The SMILES string of the molecule is Cc1cc(Nc2cc(F)cc(F)c2F)c(Br)cc1N. The van der Waals surface area contributed by atoms with Crippen molar-refractivity contribution in [3.05, 3.63) is 51.8 Å². The number of halogens is 4. The summed E-state index contributed by atoms with van der Waals surface area (Å²) >= 11 is 3.25. The lowest BCUT2D eigenvalue weighted by Crippen LogP contribution is -2.00. The minimum atomic E-state index is -1.24. The van der Waals surface area contributed by atoms with E-state index < -0.39 is 17.5 Å². The normalized spacial score (nSPS) is 10.6. The highest BCUT2D eigenvalue weighted by atomic mass is 79.9. The van der Waals surface area contributed by atoms with Crippen molar-refractivity contribution in [2.75, 3.05) is 11.1 Å². The summed E-state index contributed by atoms with van der Waals surface area (Å²) in [5.41, 5.74) is 7.23. The third kappa shape index (κ3) is 2.84. The standard InChI is InChI=1S/C13H10BrF3N2/c1-6-2-11(8(14)5-10(6)18)19-12-4-7(15)3-9(16)13(12)17/h2-5,19H,18H2,1H3. The van der Waals surface area contributed by atoms with E-state index in [0.29, 0.717) is 21.9 Å². The summed E-state index contributed by atoms with van der Waals surface area (Å²) in [6.45, 7) is 1.77. The lowest BCUT2D eigenvalue weighted by molar-refractivity contribution is 0.498. The summed E-state index contributed by atoms with van der Waals surface area (Å²) in [6.07, 6.45) is 0. The largest absolute Gasteiger partial charge is 0.398 e. The first kappa shape index (κ1) is 13.7. The predicted octanol–water partition coefficient (Wildman–Crippen LogP) is 4.50. The van der Waals surface area contributed by atoms with E-state index in [9.17, 15) is 13.2 Å². The molecule has 0 fully saturated rings. The Kier molecular flexibility index (Phi) is 3.71. The van der Waals surface area contributed by atoms with E-state index in [0.717, 1.165) is 11.6 Å². The zero-order chi connectivity index (χ0) is 14.2.